The summed E-state index contributed by atoms with van der Waals surface area (Å²) < 4.78 is 13.4. The van der Waals surface area contributed by atoms with E-state index >= 15 is 0 Å². The molecule has 2 aromatic rings. The first kappa shape index (κ1) is 21.3. The Morgan fingerprint density at radius 1 is 1.03 bits per heavy atom. The van der Waals surface area contributed by atoms with Gasteiger partial charge in [-0.05, 0) is 48.1 Å². The number of nitrogens with one attached hydrogen (secondary N) is 2. The highest BCUT2D eigenvalue weighted by molar-refractivity contribution is 5.79. The number of aliphatic hydroxyl groups excluding tert-OH is 1. The molecule has 0 spiro atoms. The third kappa shape index (κ3) is 6.54. The summed E-state index contributed by atoms with van der Waals surface area (Å²) in [6.45, 7) is 5.88. The van der Waals surface area contributed by atoms with Crippen molar-refractivity contribution in [3.8, 4) is 0 Å². The van der Waals surface area contributed by atoms with Crippen LogP contribution in [0, 0.1) is 12.7 Å². The van der Waals surface area contributed by atoms with Crippen molar-refractivity contribution in [3.05, 3.63) is 70.5 Å². The molecular weight excluding hydrogens is 367 g/mol. The van der Waals surface area contributed by atoms with Gasteiger partial charge in [0.2, 0.25) is 0 Å². The molecule has 0 aliphatic carbocycles. The number of nitrogens with zero attached hydrogens (tertiary/aromatic N) is 2. The van der Waals surface area contributed by atoms with Gasteiger partial charge in [0.15, 0.2) is 5.96 Å². The number of aliphatic hydroxyl groups is 1. The fraction of sp³-hybridized carbons (Fsp3) is 0.435. The van der Waals surface area contributed by atoms with Gasteiger partial charge in [-0.2, -0.15) is 0 Å². The lowest BCUT2D eigenvalue weighted by atomic mass is 10.1. The van der Waals surface area contributed by atoms with Crippen molar-refractivity contribution in [2.24, 2.45) is 4.99 Å². The zero-order chi connectivity index (χ0) is 20.6. The van der Waals surface area contributed by atoms with Gasteiger partial charge in [0.05, 0.1) is 6.10 Å². The van der Waals surface area contributed by atoms with Gasteiger partial charge in [0, 0.05) is 39.8 Å². The molecule has 0 bridgehead atoms. The summed E-state index contributed by atoms with van der Waals surface area (Å²) >= 11 is 0. The Kier molecular flexibility index (Phi) is 7.61. The minimum atomic E-state index is -0.183. The molecule has 0 atom stereocenters. The number of piperidine rings is 1. The van der Waals surface area contributed by atoms with Crippen LogP contribution in [0.4, 0.5) is 4.39 Å². The van der Waals surface area contributed by atoms with Gasteiger partial charge in [-0.15, -0.1) is 0 Å². The van der Waals surface area contributed by atoms with Crippen LogP contribution in [-0.2, 0) is 19.6 Å². The van der Waals surface area contributed by atoms with Gasteiger partial charge >= 0.3 is 0 Å². The van der Waals surface area contributed by atoms with Gasteiger partial charge in [-0.1, -0.05) is 36.4 Å². The van der Waals surface area contributed by atoms with Crippen molar-refractivity contribution >= 4 is 5.96 Å². The third-order valence-corrected chi connectivity index (χ3v) is 5.35. The van der Waals surface area contributed by atoms with E-state index in [0.717, 1.165) is 38.0 Å². The molecule has 29 heavy (non-hydrogen) atoms. The predicted molar refractivity (Wildman–Crippen MR) is 115 cm³/mol. The second kappa shape index (κ2) is 10.4. The molecule has 0 radical (unpaired) electrons. The van der Waals surface area contributed by atoms with Crippen LogP contribution in [0.25, 0.3) is 0 Å². The zero-order valence-corrected chi connectivity index (χ0v) is 17.3. The van der Waals surface area contributed by atoms with Crippen LogP contribution < -0.4 is 10.6 Å². The topological polar surface area (TPSA) is 59.9 Å². The summed E-state index contributed by atoms with van der Waals surface area (Å²) in [7, 11) is 1.74. The average molecular weight is 399 g/mol. The van der Waals surface area contributed by atoms with E-state index in [1.807, 2.05) is 6.07 Å². The van der Waals surface area contributed by atoms with Gasteiger partial charge < -0.3 is 15.7 Å². The van der Waals surface area contributed by atoms with Gasteiger partial charge in [-0.25, -0.2) is 4.39 Å². The minimum Gasteiger partial charge on any atom is -0.393 e. The number of rotatable bonds is 6. The molecule has 1 aliphatic rings. The maximum Gasteiger partial charge on any atom is 0.191 e. The molecule has 0 unspecified atom stereocenters. The Morgan fingerprint density at radius 2 is 1.62 bits per heavy atom. The monoisotopic (exact) mass is 398 g/mol. The van der Waals surface area contributed by atoms with E-state index in [4.69, 9.17) is 0 Å². The van der Waals surface area contributed by atoms with E-state index in [1.54, 1.807) is 20.0 Å². The summed E-state index contributed by atoms with van der Waals surface area (Å²) in [5.74, 6) is 0.528. The van der Waals surface area contributed by atoms with E-state index in [-0.39, 0.29) is 11.9 Å². The van der Waals surface area contributed by atoms with E-state index in [0.29, 0.717) is 24.6 Å². The van der Waals surface area contributed by atoms with Crippen LogP contribution in [-0.4, -0.2) is 42.2 Å². The second-order valence-electron chi connectivity index (χ2n) is 7.69. The van der Waals surface area contributed by atoms with E-state index < -0.39 is 0 Å². The number of hydrogen-bond acceptors (Lipinski definition) is 3. The summed E-state index contributed by atoms with van der Waals surface area (Å²) in [5.41, 5.74) is 4.14. The highest BCUT2D eigenvalue weighted by Crippen LogP contribution is 2.14. The Labute approximate surface area is 172 Å². The molecule has 3 N–H and O–H groups in total. The molecular formula is C23H31FN4O. The minimum absolute atomic E-state index is 0.130. The highest BCUT2D eigenvalue weighted by Gasteiger charge is 2.16. The van der Waals surface area contributed by atoms with E-state index in [9.17, 15) is 9.50 Å². The van der Waals surface area contributed by atoms with Crippen molar-refractivity contribution in [2.75, 3.05) is 20.1 Å². The Morgan fingerprint density at radius 3 is 2.24 bits per heavy atom. The summed E-state index contributed by atoms with van der Waals surface area (Å²) in [4.78, 5) is 6.64. The Bertz CT molecular complexity index is 814. The number of aliphatic imine (C=N–C) groups is 1. The van der Waals surface area contributed by atoms with Crippen LogP contribution in [0.1, 0.15) is 35.1 Å². The number of hydrogen-bond donors (Lipinski definition) is 3. The van der Waals surface area contributed by atoms with Gasteiger partial charge in [-0.3, -0.25) is 9.89 Å². The number of guanidine groups is 1. The predicted octanol–water partition coefficient (Wildman–Crippen LogP) is 2.96. The quantitative estimate of drug-likeness (QED) is 0.517. The van der Waals surface area contributed by atoms with Gasteiger partial charge in [0.25, 0.3) is 0 Å². The van der Waals surface area contributed by atoms with Crippen LogP contribution in [0.2, 0.25) is 0 Å². The Balaban J connectivity index is 1.44. The molecule has 1 saturated heterocycles. The average Bonchev–Trinajstić information content (AvgIpc) is 2.73. The lowest BCUT2D eigenvalue weighted by molar-refractivity contribution is 0.0792. The van der Waals surface area contributed by atoms with Crippen LogP contribution in [0.15, 0.2) is 47.5 Å². The highest BCUT2D eigenvalue weighted by atomic mass is 19.1. The zero-order valence-electron chi connectivity index (χ0n) is 17.3. The SMILES string of the molecule is CN=C(NCc1ccc(CN2CCC(O)CC2)cc1)NCc1ccc(F)c(C)c1. The molecule has 1 aliphatic heterocycles. The van der Waals surface area contributed by atoms with E-state index in [2.05, 4.69) is 44.8 Å². The van der Waals surface area contributed by atoms with Crippen LogP contribution >= 0.6 is 0 Å². The molecule has 156 valence electrons. The standard InChI is InChI=1S/C23H31FN4O/c1-17-13-20(7-8-22(17)24)15-27-23(25-2)26-14-18-3-5-19(6-4-18)16-28-11-9-21(29)10-12-28/h3-8,13,21,29H,9-12,14-16H2,1-2H3,(H2,25,26,27). The van der Waals surface area contributed by atoms with Crippen molar-refractivity contribution in [1.29, 1.82) is 0 Å². The first-order valence-corrected chi connectivity index (χ1v) is 10.2. The van der Waals surface area contributed by atoms with Crippen LogP contribution in [0.3, 0.4) is 0 Å². The maximum absolute atomic E-state index is 13.4. The first-order valence-electron chi connectivity index (χ1n) is 10.2. The smallest absolute Gasteiger partial charge is 0.191 e. The molecule has 1 heterocycles. The fourth-order valence-corrected chi connectivity index (χ4v) is 3.51. The number of halogens is 1. The Hall–Kier alpha value is -2.44. The first-order chi connectivity index (χ1) is 14.0. The lowest BCUT2D eigenvalue weighted by Crippen LogP contribution is -2.36. The van der Waals surface area contributed by atoms with Crippen molar-refractivity contribution in [2.45, 2.75) is 45.5 Å². The number of likely N-dealkylation sites (tertiary alicyclic amines) is 1. The lowest BCUT2D eigenvalue weighted by Gasteiger charge is -2.29. The molecule has 0 aromatic heterocycles. The summed E-state index contributed by atoms with van der Waals surface area (Å²) in [6, 6.07) is 13.7. The van der Waals surface area contributed by atoms with Crippen LogP contribution in [0.5, 0.6) is 0 Å². The van der Waals surface area contributed by atoms with Crippen molar-refractivity contribution in [3.63, 3.8) is 0 Å². The summed E-state index contributed by atoms with van der Waals surface area (Å²) in [6.07, 6.45) is 1.60. The van der Waals surface area contributed by atoms with Crippen molar-refractivity contribution < 1.29 is 9.50 Å². The number of aryl methyl sites for hydroxylation is 1. The van der Waals surface area contributed by atoms with Crippen molar-refractivity contribution in [1.82, 2.24) is 15.5 Å². The molecule has 3 rings (SSSR count). The molecule has 2 aromatic carbocycles. The molecule has 5 nitrogen and oxygen atoms in total. The molecule has 0 amide bonds. The third-order valence-electron chi connectivity index (χ3n) is 5.35. The normalized spacial score (nSPS) is 16.1. The number of benzene rings is 2. The maximum atomic E-state index is 13.4. The summed E-state index contributed by atoms with van der Waals surface area (Å²) in [5, 5.41) is 16.2. The van der Waals surface area contributed by atoms with E-state index in [1.165, 1.54) is 17.2 Å². The van der Waals surface area contributed by atoms with Gasteiger partial charge in [0.1, 0.15) is 5.82 Å². The second-order valence-corrected chi connectivity index (χ2v) is 7.69. The molecule has 0 saturated carbocycles. The fourth-order valence-electron chi connectivity index (χ4n) is 3.51. The molecule has 6 heteroatoms. The largest absolute Gasteiger partial charge is 0.393 e. The molecule has 1 fully saturated rings.